The summed E-state index contributed by atoms with van der Waals surface area (Å²) in [7, 11) is 0. The van der Waals surface area contributed by atoms with E-state index in [9.17, 15) is 4.79 Å². The molecule has 1 saturated heterocycles. The number of amides is 1. The van der Waals surface area contributed by atoms with Gasteiger partial charge < -0.3 is 14.2 Å². The average molecular weight is 312 g/mol. The number of aromatic nitrogens is 1. The average Bonchev–Trinajstić information content (AvgIpc) is 2.92. The van der Waals surface area contributed by atoms with E-state index in [-0.39, 0.29) is 12.5 Å². The molecule has 1 aromatic heterocycles. The maximum atomic E-state index is 12.3. The fourth-order valence-corrected chi connectivity index (χ4v) is 3.38. The SMILES string of the molecule is Cc1ccc(C)n1C1CCN(C(=O)COc2ccccc2)CC1. The molecule has 0 bridgehead atoms. The summed E-state index contributed by atoms with van der Waals surface area (Å²) in [6, 6.07) is 14.3. The molecule has 2 aromatic rings. The predicted octanol–water partition coefficient (Wildman–Crippen LogP) is 3.35. The molecule has 0 saturated carbocycles. The molecule has 2 heterocycles. The summed E-state index contributed by atoms with van der Waals surface area (Å²) in [6.07, 6.45) is 2.01. The number of hydrogen-bond acceptors (Lipinski definition) is 2. The quantitative estimate of drug-likeness (QED) is 0.868. The fourth-order valence-electron chi connectivity index (χ4n) is 3.38. The summed E-state index contributed by atoms with van der Waals surface area (Å²) in [5.74, 6) is 0.822. The van der Waals surface area contributed by atoms with Crippen LogP contribution in [-0.4, -0.2) is 35.1 Å². The monoisotopic (exact) mass is 312 g/mol. The Morgan fingerprint density at radius 1 is 1.04 bits per heavy atom. The van der Waals surface area contributed by atoms with Crippen LogP contribution < -0.4 is 4.74 Å². The third-order valence-electron chi connectivity index (χ3n) is 4.61. The molecule has 1 fully saturated rings. The van der Waals surface area contributed by atoms with Gasteiger partial charge in [0, 0.05) is 30.5 Å². The summed E-state index contributed by atoms with van der Waals surface area (Å²) in [6.45, 7) is 6.03. The molecule has 122 valence electrons. The zero-order chi connectivity index (χ0) is 16.2. The summed E-state index contributed by atoms with van der Waals surface area (Å²) >= 11 is 0. The van der Waals surface area contributed by atoms with Crippen molar-refractivity contribution in [2.75, 3.05) is 19.7 Å². The predicted molar refractivity (Wildman–Crippen MR) is 90.7 cm³/mol. The van der Waals surface area contributed by atoms with Gasteiger partial charge in [0.25, 0.3) is 5.91 Å². The first-order valence-corrected chi connectivity index (χ1v) is 8.25. The number of rotatable bonds is 4. The van der Waals surface area contributed by atoms with E-state index in [0.29, 0.717) is 6.04 Å². The van der Waals surface area contributed by atoms with Crippen molar-refractivity contribution in [3.63, 3.8) is 0 Å². The molecule has 0 spiro atoms. The van der Waals surface area contributed by atoms with Gasteiger partial charge in [-0.2, -0.15) is 0 Å². The zero-order valence-electron chi connectivity index (χ0n) is 13.9. The highest BCUT2D eigenvalue weighted by Gasteiger charge is 2.25. The second-order valence-electron chi connectivity index (χ2n) is 6.20. The molecule has 4 heteroatoms. The van der Waals surface area contributed by atoms with Crippen LogP contribution in [0.15, 0.2) is 42.5 Å². The molecular formula is C19H24N2O2. The molecule has 0 N–H and O–H groups in total. The highest BCUT2D eigenvalue weighted by atomic mass is 16.5. The first-order chi connectivity index (χ1) is 11.1. The van der Waals surface area contributed by atoms with E-state index in [1.807, 2.05) is 35.2 Å². The molecule has 1 aliphatic rings. The lowest BCUT2D eigenvalue weighted by Crippen LogP contribution is -2.41. The van der Waals surface area contributed by atoms with Crippen molar-refractivity contribution < 1.29 is 9.53 Å². The van der Waals surface area contributed by atoms with Crippen LogP contribution in [0.1, 0.15) is 30.3 Å². The maximum Gasteiger partial charge on any atom is 0.260 e. The number of para-hydroxylation sites is 1. The van der Waals surface area contributed by atoms with Gasteiger partial charge in [-0.25, -0.2) is 0 Å². The third kappa shape index (κ3) is 3.58. The Kier molecular flexibility index (Phi) is 4.70. The number of nitrogens with zero attached hydrogens (tertiary/aromatic N) is 2. The Balaban J connectivity index is 1.51. The van der Waals surface area contributed by atoms with Gasteiger partial charge in [0.2, 0.25) is 0 Å². The summed E-state index contributed by atoms with van der Waals surface area (Å²) < 4.78 is 7.97. The maximum absolute atomic E-state index is 12.3. The standard InChI is InChI=1S/C19H24N2O2/c1-15-8-9-16(2)21(15)17-10-12-20(13-11-17)19(22)14-23-18-6-4-3-5-7-18/h3-9,17H,10-14H2,1-2H3. The van der Waals surface area contributed by atoms with Crippen molar-refractivity contribution in [2.45, 2.75) is 32.7 Å². The number of likely N-dealkylation sites (tertiary alicyclic amines) is 1. The van der Waals surface area contributed by atoms with Gasteiger partial charge in [0.1, 0.15) is 5.75 Å². The summed E-state index contributed by atoms with van der Waals surface area (Å²) in [5.41, 5.74) is 2.61. The lowest BCUT2D eigenvalue weighted by Gasteiger charge is -2.34. The van der Waals surface area contributed by atoms with E-state index < -0.39 is 0 Å². The van der Waals surface area contributed by atoms with Gasteiger partial charge in [-0.3, -0.25) is 4.79 Å². The van der Waals surface area contributed by atoms with E-state index in [2.05, 4.69) is 30.5 Å². The van der Waals surface area contributed by atoms with Crippen LogP contribution in [0.2, 0.25) is 0 Å². The van der Waals surface area contributed by atoms with Crippen LogP contribution in [0.25, 0.3) is 0 Å². The molecule has 0 aliphatic carbocycles. The van der Waals surface area contributed by atoms with Crippen LogP contribution in [0.5, 0.6) is 5.75 Å². The number of carbonyl (C=O) groups excluding carboxylic acids is 1. The second kappa shape index (κ2) is 6.90. The number of ether oxygens (including phenoxy) is 1. The largest absolute Gasteiger partial charge is 0.484 e. The normalized spacial score (nSPS) is 15.7. The molecule has 23 heavy (non-hydrogen) atoms. The van der Waals surface area contributed by atoms with Crippen LogP contribution in [0, 0.1) is 13.8 Å². The Hall–Kier alpha value is -2.23. The van der Waals surface area contributed by atoms with Crippen molar-refractivity contribution in [1.82, 2.24) is 9.47 Å². The minimum atomic E-state index is 0.0771. The van der Waals surface area contributed by atoms with Gasteiger partial charge in [-0.1, -0.05) is 18.2 Å². The summed E-state index contributed by atoms with van der Waals surface area (Å²) in [5, 5.41) is 0. The topological polar surface area (TPSA) is 34.5 Å². The van der Waals surface area contributed by atoms with Crippen LogP contribution in [0.4, 0.5) is 0 Å². The summed E-state index contributed by atoms with van der Waals surface area (Å²) in [4.78, 5) is 14.2. The number of benzene rings is 1. The van der Waals surface area contributed by atoms with Crippen molar-refractivity contribution in [2.24, 2.45) is 0 Å². The number of piperidine rings is 1. The van der Waals surface area contributed by atoms with E-state index in [0.717, 1.165) is 31.7 Å². The van der Waals surface area contributed by atoms with E-state index in [4.69, 9.17) is 4.74 Å². The second-order valence-corrected chi connectivity index (χ2v) is 6.20. The molecule has 0 radical (unpaired) electrons. The minimum absolute atomic E-state index is 0.0771. The third-order valence-corrected chi connectivity index (χ3v) is 4.61. The molecule has 1 aromatic carbocycles. The van der Waals surface area contributed by atoms with Gasteiger partial charge in [0.15, 0.2) is 6.61 Å². The van der Waals surface area contributed by atoms with E-state index in [1.54, 1.807) is 0 Å². The lowest BCUT2D eigenvalue weighted by atomic mass is 10.0. The molecule has 3 rings (SSSR count). The molecule has 0 unspecified atom stereocenters. The van der Waals surface area contributed by atoms with Gasteiger partial charge in [-0.15, -0.1) is 0 Å². The van der Waals surface area contributed by atoms with Gasteiger partial charge >= 0.3 is 0 Å². The van der Waals surface area contributed by atoms with Gasteiger partial charge in [0.05, 0.1) is 0 Å². The smallest absolute Gasteiger partial charge is 0.260 e. The lowest BCUT2D eigenvalue weighted by molar-refractivity contribution is -0.134. The van der Waals surface area contributed by atoms with Crippen LogP contribution in [-0.2, 0) is 4.79 Å². The highest BCUT2D eigenvalue weighted by molar-refractivity contribution is 5.77. The first-order valence-electron chi connectivity index (χ1n) is 8.25. The Labute approximate surface area is 137 Å². The Morgan fingerprint density at radius 2 is 1.65 bits per heavy atom. The van der Waals surface area contributed by atoms with Crippen LogP contribution in [0.3, 0.4) is 0 Å². The van der Waals surface area contributed by atoms with Crippen LogP contribution >= 0.6 is 0 Å². The van der Waals surface area contributed by atoms with Crippen molar-refractivity contribution >= 4 is 5.91 Å². The molecular weight excluding hydrogens is 288 g/mol. The highest BCUT2D eigenvalue weighted by Crippen LogP contribution is 2.26. The number of aryl methyl sites for hydroxylation is 2. The number of carbonyl (C=O) groups is 1. The van der Waals surface area contributed by atoms with E-state index >= 15 is 0 Å². The molecule has 1 amide bonds. The number of hydrogen-bond donors (Lipinski definition) is 0. The minimum Gasteiger partial charge on any atom is -0.484 e. The van der Waals surface area contributed by atoms with E-state index in [1.165, 1.54) is 11.4 Å². The first kappa shape index (κ1) is 15.7. The zero-order valence-corrected chi connectivity index (χ0v) is 13.9. The molecule has 0 atom stereocenters. The van der Waals surface area contributed by atoms with Crippen molar-refractivity contribution in [3.8, 4) is 5.75 Å². The Morgan fingerprint density at radius 3 is 2.26 bits per heavy atom. The van der Waals surface area contributed by atoms with Gasteiger partial charge in [-0.05, 0) is 51.0 Å². The fraction of sp³-hybridized carbons (Fsp3) is 0.421. The molecule has 1 aliphatic heterocycles. The molecule has 4 nitrogen and oxygen atoms in total. The van der Waals surface area contributed by atoms with Crippen molar-refractivity contribution in [1.29, 1.82) is 0 Å². The Bertz CT molecular complexity index is 636. The van der Waals surface area contributed by atoms with Crippen molar-refractivity contribution in [3.05, 3.63) is 53.9 Å².